The van der Waals surface area contributed by atoms with Gasteiger partial charge in [0.15, 0.2) is 0 Å². The minimum Gasteiger partial charge on any atom is -0.374 e. The van der Waals surface area contributed by atoms with E-state index in [0.29, 0.717) is 6.42 Å². The molecule has 0 saturated carbocycles. The Hall–Kier alpha value is -2.38. The highest BCUT2D eigenvalue weighted by molar-refractivity contribution is 5.46. The van der Waals surface area contributed by atoms with Crippen LogP contribution in [-0.2, 0) is 6.54 Å². The molecule has 2 aromatic carbocycles. The van der Waals surface area contributed by atoms with Crippen LogP contribution in [0, 0.1) is 17.1 Å². The van der Waals surface area contributed by atoms with E-state index in [0.717, 1.165) is 24.3 Å². The number of rotatable bonds is 7. The number of halogens is 1. The fourth-order valence-corrected chi connectivity index (χ4v) is 2.36. The lowest BCUT2D eigenvalue weighted by Gasteiger charge is -2.18. The molecule has 0 aliphatic carbocycles. The number of hydrogen-bond acceptors (Lipinski definition) is 3. The van der Waals surface area contributed by atoms with Gasteiger partial charge in [0, 0.05) is 31.9 Å². The van der Waals surface area contributed by atoms with Crippen molar-refractivity contribution in [3.05, 3.63) is 65.5 Å². The Morgan fingerprint density at radius 2 is 1.78 bits per heavy atom. The zero-order valence-corrected chi connectivity index (χ0v) is 13.6. The zero-order valence-electron chi connectivity index (χ0n) is 13.6. The average molecular weight is 311 g/mol. The maximum atomic E-state index is 12.9. The first kappa shape index (κ1) is 17.0. The monoisotopic (exact) mass is 311 g/mol. The van der Waals surface area contributed by atoms with Crippen LogP contribution in [0.5, 0.6) is 0 Å². The summed E-state index contributed by atoms with van der Waals surface area (Å²) >= 11 is 0. The van der Waals surface area contributed by atoms with Crippen LogP contribution in [0.1, 0.15) is 30.5 Å². The summed E-state index contributed by atoms with van der Waals surface area (Å²) in [6, 6.07) is 17.2. The van der Waals surface area contributed by atoms with Crippen LogP contribution >= 0.6 is 0 Å². The van der Waals surface area contributed by atoms with Crippen LogP contribution in [0.2, 0.25) is 0 Å². The smallest absolute Gasteiger partial charge is 0.123 e. The third kappa shape index (κ3) is 5.08. The predicted molar refractivity (Wildman–Crippen MR) is 91.6 cm³/mol. The van der Waals surface area contributed by atoms with Crippen LogP contribution in [0.4, 0.5) is 10.1 Å². The van der Waals surface area contributed by atoms with Crippen molar-refractivity contribution in [1.29, 1.82) is 5.26 Å². The molecule has 23 heavy (non-hydrogen) atoms. The fraction of sp³-hybridized carbons (Fsp3) is 0.316. The van der Waals surface area contributed by atoms with Crippen LogP contribution < -0.4 is 10.2 Å². The van der Waals surface area contributed by atoms with Gasteiger partial charge < -0.3 is 10.2 Å². The predicted octanol–water partition coefficient (Wildman–Crippen LogP) is 4.03. The fourth-order valence-electron chi connectivity index (χ4n) is 2.36. The van der Waals surface area contributed by atoms with Gasteiger partial charge in [-0.25, -0.2) is 4.39 Å². The van der Waals surface area contributed by atoms with Crippen LogP contribution in [0.3, 0.4) is 0 Å². The number of nitrogens with zero attached hydrogens (tertiary/aromatic N) is 2. The van der Waals surface area contributed by atoms with Crippen molar-refractivity contribution in [1.82, 2.24) is 5.32 Å². The molecular weight excluding hydrogens is 289 g/mol. The molecule has 0 aliphatic heterocycles. The molecule has 0 spiro atoms. The van der Waals surface area contributed by atoms with E-state index >= 15 is 0 Å². The average Bonchev–Trinajstić information content (AvgIpc) is 2.58. The van der Waals surface area contributed by atoms with Gasteiger partial charge in [-0.1, -0.05) is 24.3 Å². The molecular formula is C19H22FN3. The Bertz CT molecular complexity index is 644. The Morgan fingerprint density at radius 1 is 1.13 bits per heavy atom. The summed E-state index contributed by atoms with van der Waals surface area (Å²) in [5.41, 5.74) is 3.37. The van der Waals surface area contributed by atoms with E-state index in [1.807, 2.05) is 7.05 Å². The van der Waals surface area contributed by atoms with Crippen molar-refractivity contribution in [3.8, 4) is 6.07 Å². The van der Waals surface area contributed by atoms with Gasteiger partial charge in [-0.15, -0.1) is 0 Å². The molecule has 4 heteroatoms. The Kier molecular flexibility index (Phi) is 6.13. The lowest BCUT2D eigenvalue weighted by molar-refractivity contribution is 0.571. The summed E-state index contributed by atoms with van der Waals surface area (Å²) in [7, 11) is 1.99. The second-order valence-corrected chi connectivity index (χ2v) is 5.65. The van der Waals surface area contributed by atoms with Gasteiger partial charge in [0.25, 0.3) is 0 Å². The van der Waals surface area contributed by atoms with Crippen LogP contribution in [-0.4, -0.2) is 13.6 Å². The molecule has 0 amide bonds. The van der Waals surface area contributed by atoms with E-state index in [2.05, 4.69) is 47.5 Å². The minimum absolute atomic E-state index is 0.161. The van der Waals surface area contributed by atoms with Gasteiger partial charge in [0.2, 0.25) is 0 Å². The van der Waals surface area contributed by atoms with E-state index in [4.69, 9.17) is 5.26 Å². The molecule has 0 bridgehead atoms. The first-order valence-corrected chi connectivity index (χ1v) is 7.76. The molecule has 0 aromatic heterocycles. The third-order valence-corrected chi connectivity index (χ3v) is 3.92. The van der Waals surface area contributed by atoms with Crippen LogP contribution in [0.15, 0.2) is 48.5 Å². The summed E-state index contributed by atoms with van der Waals surface area (Å²) in [5, 5.41) is 12.1. The maximum Gasteiger partial charge on any atom is 0.123 e. The highest BCUT2D eigenvalue weighted by Gasteiger charge is 2.05. The zero-order chi connectivity index (χ0) is 16.7. The molecule has 1 atom stereocenters. The first-order chi connectivity index (χ1) is 11.1. The molecule has 0 saturated heterocycles. The highest BCUT2D eigenvalue weighted by atomic mass is 19.1. The van der Waals surface area contributed by atoms with E-state index in [1.54, 1.807) is 12.1 Å². The van der Waals surface area contributed by atoms with Crippen LogP contribution in [0.25, 0.3) is 0 Å². The summed E-state index contributed by atoms with van der Waals surface area (Å²) in [5.74, 6) is -0.211. The molecule has 2 rings (SSSR count). The Labute approximate surface area is 137 Å². The number of anilines is 1. The second-order valence-electron chi connectivity index (χ2n) is 5.65. The molecule has 0 fully saturated rings. The van der Waals surface area contributed by atoms with E-state index < -0.39 is 0 Å². The van der Waals surface area contributed by atoms with Gasteiger partial charge in [0.1, 0.15) is 5.82 Å². The standard InChI is InChI=1S/C19H22FN3/c1-15(17-6-8-18(20)9-7-17)22-14-16-4-10-19(11-5-16)23(2)13-3-12-21/h4-11,15,22H,3,13-14H2,1-2H3/t15-/m1/s1. The molecule has 0 heterocycles. The summed E-state index contributed by atoms with van der Waals surface area (Å²) in [6.07, 6.45) is 0.523. The quantitative estimate of drug-likeness (QED) is 0.839. The number of benzene rings is 2. The third-order valence-electron chi connectivity index (χ3n) is 3.92. The molecule has 1 N–H and O–H groups in total. The van der Waals surface area contributed by atoms with Gasteiger partial charge in [-0.3, -0.25) is 0 Å². The van der Waals surface area contributed by atoms with Gasteiger partial charge in [0.05, 0.1) is 12.5 Å². The van der Waals surface area contributed by atoms with Crippen molar-refractivity contribution in [2.24, 2.45) is 0 Å². The number of nitriles is 1. The Balaban J connectivity index is 1.88. The topological polar surface area (TPSA) is 39.1 Å². The first-order valence-electron chi connectivity index (χ1n) is 7.76. The second kappa shape index (κ2) is 8.30. The van der Waals surface area contributed by atoms with Crippen molar-refractivity contribution in [3.63, 3.8) is 0 Å². The lowest BCUT2D eigenvalue weighted by atomic mass is 10.1. The molecule has 0 radical (unpaired) electrons. The summed E-state index contributed by atoms with van der Waals surface area (Å²) in [4.78, 5) is 2.07. The normalized spacial score (nSPS) is 11.7. The van der Waals surface area contributed by atoms with Gasteiger partial charge in [-0.2, -0.15) is 5.26 Å². The number of nitrogens with one attached hydrogen (secondary N) is 1. The molecule has 2 aromatic rings. The van der Waals surface area contributed by atoms with Crippen molar-refractivity contribution in [2.75, 3.05) is 18.5 Å². The highest BCUT2D eigenvalue weighted by Crippen LogP contribution is 2.16. The maximum absolute atomic E-state index is 12.9. The molecule has 3 nitrogen and oxygen atoms in total. The summed E-state index contributed by atoms with van der Waals surface area (Å²) < 4.78 is 12.9. The summed E-state index contributed by atoms with van der Waals surface area (Å²) in [6.45, 7) is 3.55. The van der Waals surface area contributed by atoms with E-state index in [9.17, 15) is 4.39 Å². The van der Waals surface area contributed by atoms with Gasteiger partial charge >= 0.3 is 0 Å². The van der Waals surface area contributed by atoms with Crippen molar-refractivity contribution < 1.29 is 4.39 Å². The largest absolute Gasteiger partial charge is 0.374 e. The van der Waals surface area contributed by atoms with E-state index in [-0.39, 0.29) is 11.9 Å². The molecule has 120 valence electrons. The van der Waals surface area contributed by atoms with E-state index in [1.165, 1.54) is 17.7 Å². The van der Waals surface area contributed by atoms with Crippen molar-refractivity contribution >= 4 is 5.69 Å². The minimum atomic E-state index is -0.211. The van der Waals surface area contributed by atoms with Crippen molar-refractivity contribution in [2.45, 2.75) is 25.9 Å². The molecule has 0 aliphatic rings. The lowest BCUT2D eigenvalue weighted by Crippen LogP contribution is -2.19. The van der Waals surface area contributed by atoms with Gasteiger partial charge in [-0.05, 0) is 42.3 Å². The molecule has 0 unspecified atom stereocenters. The SMILES string of the molecule is C[C@@H](NCc1ccc(N(C)CCC#N)cc1)c1ccc(F)cc1. The number of hydrogen-bond donors (Lipinski definition) is 1. The Morgan fingerprint density at radius 3 is 2.39 bits per heavy atom.